The second kappa shape index (κ2) is 6.20. The highest BCUT2D eigenvalue weighted by Gasteiger charge is 2.21. The molecule has 1 aliphatic heterocycles. The molecule has 2 nitrogen and oxygen atoms in total. The number of halogens is 1. The summed E-state index contributed by atoms with van der Waals surface area (Å²) in [6.45, 7) is 3.00. The smallest absolute Gasteiger partial charge is 0.125 e. The molecule has 0 bridgehead atoms. The van der Waals surface area contributed by atoms with Gasteiger partial charge < -0.3 is 9.84 Å². The van der Waals surface area contributed by atoms with Crippen LogP contribution in [0.15, 0.2) is 40.9 Å². The van der Waals surface area contributed by atoms with Crippen LogP contribution in [0, 0.1) is 6.92 Å². The van der Waals surface area contributed by atoms with Crippen molar-refractivity contribution in [2.75, 3.05) is 13.2 Å². The van der Waals surface area contributed by atoms with E-state index in [2.05, 4.69) is 47.1 Å². The molecule has 0 aliphatic carbocycles. The van der Waals surface area contributed by atoms with Crippen molar-refractivity contribution in [3.63, 3.8) is 0 Å². The monoisotopic (exact) mass is 346 g/mol. The van der Waals surface area contributed by atoms with Crippen LogP contribution in [-0.4, -0.2) is 18.3 Å². The molecule has 0 fully saturated rings. The van der Waals surface area contributed by atoms with Crippen molar-refractivity contribution in [1.82, 2.24) is 0 Å². The van der Waals surface area contributed by atoms with Gasteiger partial charge in [0, 0.05) is 16.8 Å². The van der Waals surface area contributed by atoms with E-state index in [1.54, 1.807) is 0 Å². The number of benzene rings is 2. The molecule has 1 atom stereocenters. The maximum Gasteiger partial charge on any atom is 0.125 e. The molecule has 21 heavy (non-hydrogen) atoms. The first kappa shape index (κ1) is 14.6. The van der Waals surface area contributed by atoms with Gasteiger partial charge in [-0.3, -0.25) is 0 Å². The summed E-state index contributed by atoms with van der Waals surface area (Å²) in [6.07, 6.45) is 1.76. The van der Waals surface area contributed by atoms with Crippen molar-refractivity contribution in [1.29, 1.82) is 0 Å². The van der Waals surface area contributed by atoms with Gasteiger partial charge in [-0.2, -0.15) is 0 Å². The van der Waals surface area contributed by atoms with Crippen molar-refractivity contribution in [3.05, 3.63) is 63.1 Å². The van der Waals surface area contributed by atoms with Crippen LogP contribution < -0.4 is 4.74 Å². The third-order valence-electron chi connectivity index (χ3n) is 4.14. The number of ether oxygens (including phenoxy) is 1. The zero-order valence-corrected chi connectivity index (χ0v) is 13.7. The van der Waals surface area contributed by atoms with E-state index >= 15 is 0 Å². The van der Waals surface area contributed by atoms with Crippen LogP contribution in [0.25, 0.3) is 0 Å². The third kappa shape index (κ3) is 2.99. The zero-order valence-electron chi connectivity index (χ0n) is 12.1. The minimum absolute atomic E-state index is 0.105. The van der Waals surface area contributed by atoms with Gasteiger partial charge in [-0.1, -0.05) is 40.2 Å². The molecular weight excluding hydrogens is 328 g/mol. The van der Waals surface area contributed by atoms with Crippen LogP contribution in [0.1, 0.15) is 28.2 Å². The lowest BCUT2D eigenvalue weighted by atomic mass is 9.89. The summed E-state index contributed by atoms with van der Waals surface area (Å²) in [7, 11) is 0. The molecule has 0 saturated carbocycles. The van der Waals surface area contributed by atoms with Gasteiger partial charge in [-0.25, -0.2) is 0 Å². The maximum absolute atomic E-state index is 9.83. The molecular formula is C18H19BrO2. The van der Waals surface area contributed by atoms with Crippen molar-refractivity contribution in [3.8, 4) is 5.75 Å². The highest BCUT2D eigenvalue weighted by atomic mass is 79.9. The molecule has 3 heteroatoms. The molecule has 2 aromatic rings. The number of aliphatic hydroxyl groups is 1. The summed E-state index contributed by atoms with van der Waals surface area (Å²) in [6, 6.07) is 12.5. The van der Waals surface area contributed by atoms with E-state index in [1.165, 1.54) is 22.3 Å². The van der Waals surface area contributed by atoms with E-state index in [0.29, 0.717) is 0 Å². The lowest BCUT2D eigenvalue weighted by Crippen LogP contribution is -2.10. The van der Waals surface area contributed by atoms with Crippen molar-refractivity contribution >= 4 is 15.9 Å². The van der Waals surface area contributed by atoms with E-state index in [4.69, 9.17) is 4.74 Å². The summed E-state index contributed by atoms with van der Waals surface area (Å²) in [5, 5.41) is 9.83. The first-order chi connectivity index (χ1) is 10.2. The minimum Gasteiger partial charge on any atom is -0.493 e. The standard InChI is InChI=1S/C18H19BrO2/c1-12-4-2-3-5-17(12)15(11-20)8-14-10-16(19)9-13-6-7-21-18(13)14/h2-5,9-10,15,20H,6-8,11H2,1H3. The molecule has 0 aromatic heterocycles. The van der Waals surface area contributed by atoms with Crippen molar-refractivity contribution in [2.45, 2.75) is 25.7 Å². The summed E-state index contributed by atoms with van der Waals surface area (Å²) in [5.41, 5.74) is 4.89. The van der Waals surface area contributed by atoms with Crippen LogP contribution >= 0.6 is 15.9 Å². The summed E-state index contributed by atoms with van der Waals surface area (Å²) < 4.78 is 6.88. The highest BCUT2D eigenvalue weighted by Crippen LogP contribution is 2.36. The van der Waals surface area contributed by atoms with E-state index < -0.39 is 0 Å². The van der Waals surface area contributed by atoms with E-state index in [9.17, 15) is 5.11 Å². The fourth-order valence-corrected chi connectivity index (χ4v) is 3.63. The van der Waals surface area contributed by atoms with Crippen LogP contribution in [-0.2, 0) is 12.8 Å². The SMILES string of the molecule is Cc1ccccc1C(CO)Cc1cc(Br)cc2c1OCC2. The van der Waals surface area contributed by atoms with E-state index in [1.807, 2.05) is 12.1 Å². The molecule has 0 saturated heterocycles. The largest absolute Gasteiger partial charge is 0.493 e. The second-order valence-corrected chi connectivity index (χ2v) is 6.51. The third-order valence-corrected chi connectivity index (χ3v) is 4.60. The summed E-state index contributed by atoms with van der Waals surface area (Å²) in [5.74, 6) is 1.12. The number of rotatable bonds is 4. The van der Waals surface area contributed by atoms with Crippen LogP contribution in [0.4, 0.5) is 0 Å². The van der Waals surface area contributed by atoms with Gasteiger partial charge in [-0.15, -0.1) is 0 Å². The number of fused-ring (bicyclic) bond motifs is 1. The average molecular weight is 347 g/mol. The normalized spacial score (nSPS) is 14.6. The highest BCUT2D eigenvalue weighted by molar-refractivity contribution is 9.10. The Hall–Kier alpha value is -1.32. The Morgan fingerprint density at radius 2 is 2.10 bits per heavy atom. The molecule has 1 N–H and O–H groups in total. The fraction of sp³-hybridized carbons (Fsp3) is 0.333. The lowest BCUT2D eigenvalue weighted by Gasteiger charge is -2.19. The molecule has 0 radical (unpaired) electrons. The minimum atomic E-state index is 0.105. The molecule has 2 aromatic carbocycles. The number of hydrogen-bond acceptors (Lipinski definition) is 2. The summed E-state index contributed by atoms with van der Waals surface area (Å²) >= 11 is 3.58. The van der Waals surface area contributed by atoms with Gasteiger partial charge in [0.15, 0.2) is 0 Å². The van der Waals surface area contributed by atoms with Crippen molar-refractivity contribution < 1.29 is 9.84 Å². The first-order valence-electron chi connectivity index (χ1n) is 7.29. The number of aryl methyl sites for hydroxylation is 1. The van der Waals surface area contributed by atoms with Gasteiger partial charge in [0.2, 0.25) is 0 Å². The lowest BCUT2D eigenvalue weighted by molar-refractivity contribution is 0.263. The van der Waals surface area contributed by atoms with Gasteiger partial charge in [-0.05, 0) is 47.7 Å². The zero-order chi connectivity index (χ0) is 14.8. The predicted octanol–water partition coefficient (Wildman–Crippen LogP) is 4.01. The predicted molar refractivity (Wildman–Crippen MR) is 88.1 cm³/mol. The van der Waals surface area contributed by atoms with Crippen molar-refractivity contribution in [2.24, 2.45) is 0 Å². The van der Waals surface area contributed by atoms with Gasteiger partial charge >= 0.3 is 0 Å². The molecule has 0 spiro atoms. The Morgan fingerprint density at radius 1 is 1.29 bits per heavy atom. The van der Waals surface area contributed by atoms with Gasteiger partial charge in [0.1, 0.15) is 5.75 Å². The van der Waals surface area contributed by atoms with Gasteiger partial charge in [0.25, 0.3) is 0 Å². The Labute approximate surface area is 133 Å². The Kier molecular flexibility index (Phi) is 4.32. The quantitative estimate of drug-likeness (QED) is 0.906. The average Bonchev–Trinajstić information content (AvgIpc) is 2.93. The Morgan fingerprint density at radius 3 is 2.86 bits per heavy atom. The number of aliphatic hydroxyl groups excluding tert-OH is 1. The maximum atomic E-state index is 9.83. The van der Waals surface area contributed by atoms with E-state index in [0.717, 1.165) is 29.7 Å². The van der Waals surface area contributed by atoms with Crippen LogP contribution in [0.2, 0.25) is 0 Å². The molecule has 1 heterocycles. The molecule has 1 unspecified atom stereocenters. The van der Waals surface area contributed by atoms with Crippen LogP contribution in [0.5, 0.6) is 5.75 Å². The molecule has 0 amide bonds. The summed E-state index contributed by atoms with van der Waals surface area (Å²) in [4.78, 5) is 0. The molecule has 3 rings (SSSR count). The molecule has 110 valence electrons. The van der Waals surface area contributed by atoms with E-state index in [-0.39, 0.29) is 12.5 Å². The van der Waals surface area contributed by atoms with Crippen LogP contribution in [0.3, 0.4) is 0 Å². The fourth-order valence-electron chi connectivity index (χ4n) is 3.08. The Bertz CT molecular complexity index is 652. The number of hydrogen-bond donors (Lipinski definition) is 1. The topological polar surface area (TPSA) is 29.5 Å². The van der Waals surface area contributed by atoms with Gasteiger partial charge in [0.05, 0.1) is 13.2 Å². The first-order valence-corrected chi connectivity index (χ1v) is 8.09. The molecule has 1 aliphatic rings. The second-order valence-electron chi connectivity index (χ2n) is 5.59. The Balaban J connectivity index is 1.94.